The predicted octanol–water partition coefficient (Wildman–Crippen LogP) is 2.58. The number of hydroxylamine groups is 1. The second-order valence-corrected chi connectivity index (χ2v) is 6.74. The number of aliphatic hydroxyl groups excluding tert-OH is 1. The summed E-state index contributed by atoms with van der Waals surface area (Å²) < 4.78 is 14.3. The molecule has 4 N–H and O–H groups in total. The van der Waals surface area contributed by atoms with Crippen LogP contribution in [0.5, 0.6) is 0 Å². The molecule has 1 aromatic carbocycles. The molecular weight excluding hydrogens is 353 g/mol. The van der Waals surface area contributed by atoms with Gasteiger partial charge in [0.1, 0.15) is 11.4 Å². The molecule has 0 aliphatic heterocycles. The Morgan fingerprint density at radius 1 is 1.37 bits per heavy atom. The molecule has 0 fully saturated rings. The number of hydrogen-bond donors (Lipinski definition) is 4. The van der Waals surface area contributed by atoms with Crippen LogP contribution < -0.4 is 10.8 Å². The van der Waals surface area contributed by atoms with Gasteiger partial charge in [-0.15, -0.1) is 0 Å². The third-order valence-corrected chi connectivity index (χ3v) is 3.91. The average molecular weight is 373 g/mol. The van der Waals surface area contributed by atoms with Crippen molar-refractivity contribution in [2.24, 2.45) is 0 Å². The van der Waals surface area contributed by atoms with Crippen LogP contribution in [-0.4, -0.2) is 38.4 Å². The number of nitrogens with zero attached hydrogens (tertiary/aromatic N) is 2. The summed E-state index contributed by atoms with van der Waals surface area (Å²) in [5.41, 5.74) is 3.23. The highest BCUT2D eigenvalue weighted by molar-refractivity contribution is 6.07. The first kappa shape index (κ1) is 18.7. The number of carbonyl (C=O) groups excluding carboxylic acids is 1. The molecule has 1 amide bonds. The van der Waals surface area contributed by atoms with Crippen molar-refractivity contribution in [3.8, 4) is 0 Å². The van der Waals surface area contributed by atoms with E-state index in [9.17, 15) is 14.3 Å². The zero-order chi connectivity index (χ0) is 19.6. The molecule has 0 saturated carbocycles. The zero-order valence-electron chi connectivity index (χ0n) is 15.1. The lowest BCUT2D eigenvalue weighted by atomic mass is 10.1. The number of aromatic nitrogens is 3. The van der Waals surface area contributed by atoms with Crippen molar-refractivity contribution < 1.29 is 19.1 Å². The number of amides is 1. The Bertz CT molecular complexity index is 986. The van der Waals surface area contributed by atoms with Crippen molar-refractivity contribution in [3.05, 3.63) is 47.5 Å². The highest BCUT2D eigenvalue weighted by Gasteiger charge is 2.22. The van der Waals surface area contributed by atoms with Crippen LogP contribution in [0.15, 0.2) is 30.6 Å². The number of aromatic amines is 1. The Labute approximate surface area is 154 Å². The molecule has 9 heteroatoms. The maximum absolute atomic E-state index is 14.3. The van der Waals surface area contributed by atoms with Gasteiger partial charge in [-0.1, -0.05) is 6.07 Å². The van der Waals surface area contributed by atoms with Gasteiger partial charge in [-0.2, -0.15) is 5.10 Å². The molecular formula is C18H20FN5O3. The monoisotopic (exact) mass is 373 g/mol. The molecule has 27 heavy (non-hydrogen) atoms. The van der Waals surface area contributed by atoms with Gasteiger partial charge in [-0.25, -0.2) is 14.9 Å². The van der Waals surface area contributed by atoms with Crippen molar-refractivity contribution in [1.29, 1.82) is 0 Å². The number of aryl methyl sites for hydroxylation is 1. The topological polar surface area (TPSA) is 112 Å². The van der Waals surface area contributed by atoms with Crippen molar-refractivity contribution in [1.82, 2.24) is 20.7 Å². The number of rotatable bonds is 6. The van der Waals surface area contributed by atoms with Gasteiger partial charge in [0, 0.05) is 6.20 Å². The highest BCUT2D eigenvalue weighted by Crippen LogP contribution is 2.29. The molecule has 8 nitrogen and oxygen atoms in total. The largest absolute Gasteiger partial charge is 0.393 e. The van der Waals surface area contributed by atoms with E-state index in [0.717, 1.165) is 5.56 Å². The maximum atomic E-state index is 14.3. The molecule has 0 aliphatic rings. The number of benzene rings is 1. The standard InChI is InChI=1S/C18H20FN5O3/c1-10-4-5-14(13(19)6-10)22-15-11-8-21-23-16(11)20-7-12(15)17(26)24-27-18(2,3)9-25/h4-8,25H,9H2,1-3H3,(H,24,26)(H2,20,21,22,23). The van der Waals surface area contributed by atoms with Gasteiger partial charge in [0.15, 0.2) is 5.65 Å². The third-order valence-electron chi connectivity index (χ3n) is 3.91. The Balaban J connectivity index is 1.98. The van der Waals surface area contributed by atoms with E-state index in [0.29, 0.717) is 16.7 Å². The van der Waals surface area contributed by atoms with E-state index < -0.39 is 17.3 Å². The summed E-state index contributed by atoms with van der Waals surface area (Å²) >= 11 is 0. The number of nitrogens with one attached hydrogen (secondary N) is 3. The Hall–Kier alpha value is -3.04. The number of anilines is 2. The van der Waals surface area contributed by atoms with Crippen LogP contribution in [0.2, 0.25) is 0 Å². The van der Waals surface area contributed by atoms with Crippen LogP contribution in [0.1, 0.15) is 29.8 Å². The third kappa shape index (κ3) is 4.04. The fourth-order valence-corrected chi connectivity index (χ4v) is 2.33. The van der Waals surface area contributed by atoms with E-state index in [4.69, 9.17) is 4.84 Å². The van der Waals surface area contributed by atoms with Gasteiger partial charge in [0.25, 0.3) is 5.91 Å². The lowest BCUT2D eigenvalue weighted by Crippen LogP contribution is -2.38. The Kier molecular flexibility index (Phi) is 5.06. The second-order valence-electron chi connectivity index (χ2n) is 6.74. The van der Waals surface area contributed by atoms with E-state index >= 15 is 0 Å². The minimum atomic E-state index is -0.959. The van der Waals surface area contributed by atoms with E-state index in [1.165, 1.54) is 18.5 Å². The second kappa shape index (κ2) is 7.29. The number of aliphatic hydroxyl groups is 1. The van der Waals surface area contributed by atoms with Crippen LogP contribution >= 0.6 is 0 Å². The first-order valence-corrected chi connectivity index (χ1v) is 8.25. The number of pyridine rings is 1. The van der Waals surface area contributed by atoms with Gasteiger partial charge in [0.05, 0.1) is 35.1 Å². The molecule has 0 unspecified atom stereocenters. The van der Waals surface area contributed by atoms with Crippen LogP contribution in [0, 0.1) is 12.7 Å². The summed E-state index contributed by atoms with van der Waals surface area (Å²) in [5.74, 6) is -1.05. The fraction of sp³-hybridized carbons (Fsp3) is 0.278. The molecule has 0 bridgehead atoms. The highest BCUT2D eigenvalue weighted by atomic mass is 19.1. The number of H-pyrrole nitrogens is 1. The van der Waals surface area contributed by atoms with Crippen molar-refractivity contribution in [3.63, 3.8) is 0 Å². The van der Waals surface area contributed by atoms with Crippen LogP contribution in [0.3, 0.4) is 0 Å². The average Bonchev–Trinajstić information content (AvgIpc) is 3.11. The minimum Gasteiger partial charge on any atom is -0.393 e. The predicted molar refractivity (Wildman–Crippen MR) is 98.0 cm³/mol. The molecule has 0 radical (unpaired) electrons. The zero-order valence-corrected chi connectivity index (χ0v) is 15.1. The van der Waals surface area contributed by atoms with Gasteiger partial charge < -0.3 is 10.4 Å². The molecule has 142 valence electrons. The normalized spacial score (nSPS) is 11.6. The minimum absolute atomic E-state index is 0.137. The smallest absolute Gasteiger partial charge is 0.278 e. The van der Waals surface area contributed by atoms with E-state index in [1.54, 1.807) is 32.9 Å². The van der Waals surface area contributed by atoms with E-state index in [1.807, 2.05) is 0 Å². The SMILES string of the molecule is Cc1ccc(Nc2c(C(=O)NOC(C)(C)CO)cnc3[nH]ncc23)c(F)c1. The first-order valence-electron chi connectivity index (χ1n) is 8.25. The fourth-order valence-electron chi connectivity index (χ4n) is 2.33. The van der Waals surface area contributed by atoms with Gasteiger partial charge in [0.2, 0.25) is 0 Å². The van der Waals surface area contributed by atoms with Crippen LogP contribution in [0.4, 0.5) is 15.8 Å². The lowest BCUT2D eigenvalue weighted by molar-refractivity contribution is -0.0956. The summed E-state index contributed by atoms with van der Waals surface area (Å²) in [5, 5.41) is 19.3. The number of carbonyl (C=O) groups is 1. The first-order chi connectivity index (χ1) is 12.8. The maximum Gasteiger partial charge on any atom is 0.278 e. The van der Waals surface area contributed by atoms with E-state index in [2.05, 4.69) is 26.0 Å². The van der Waals surface area contributed by atoms with Crippen LogP contribution in [0.25, 0.3) is 11.0 Å². The number of hydrogen-bond acceptors (Lipinski definition) is 6. The molecule has 2 heterocycles. The number of fused-ring (bicyclic) bond motifs is 1. The van der Waals surface area contributed by atoms with Gasteiger partial charge in [-0.3, -0.25) is 14.7 Å². The summed E-state index contributed by atoms with van der Waals surface area (Å²) in [4.78, 5) is 22.0. The van der Waals surface area contributed by atoms with Crippen molar-refractivity contribution >= 4 is 28.3 Å². The summed E-state index contributed by atoms with van der Waals surface area (Å²) in [7, 11) is 0. The van der Waals surface area contributed by atoms with E-state index in [-0.39, 0.29) is 17.9 Å². The quantitative estimate of drug-likeness (QED) is 0.494. The Morgan fingerprint density at radius 2 is 2.15 bits per heavy atom. The number of halogens is 1. The Morgan fingerprint density at radius 3 is 2.85 bits per heavy atom. The summed E-state index contributed by atoms with van der Waals surface area (Å²) in [6.07, 6.45) is 2.83. The van der Waals surface area contributed by atoms with Gasteiger partial charge in [-0.05, 0) is 38.5 Å². The molecule has 0 spiro atoms. The van der Waals surface area contributed by atoms with Crippen LogP contribution in [-0.2, 0) is 4.84 Å². The molecule has 2 aromatic heterocycles. The molecule has 0 atom stereocenters. The van der Waals surface area contributed by atoms with Crippen molar-refractivity contribution in [2.45, 2.75) is 26.4 Å². The molecule has 0 aliphatic carbocycles. The molecule has 3 rings (SSSR count). The lowest BCUT2D eigenvalue weighted by Gasteiger charge is -2.22. The van der Waals surface area contributed by atoms with Crippen molar-refractivity contribution in [2.75, 3.05) is 11.9 Å². The molecule has 0 saturated heterocycles. The van der Waals surface area contributed by atoms with Gasteiger partial charge >= 0.3 is 0 Å². The summed E-state index contributed by atoms with van der Waals surface area (Å²) in [6.45, 7) is 4.73. The molecule has 3 aromatic rings. The summed E-state index contributed by atoms with van der Waals surface area (Å²) in [6, 6.07) is 4.73.